The van der Waals surface area contributed by atoms with Crippen molar-refractivity contribution in [1.29, 1.82) is 0 Å². The van der Waals surface area contributed by atoms with Crippen LogP contribution in [-0.4, -0.2) is 60.3 Å². The predicted octanol–water partition coefficient (Wildman–Crippen LogP) is 1.14. The highest BCUT2D eigenvalue weighted by Gasteiger charge is 2.27. The van der Waals surface area contributed by atoms with E-state index >= 15 is 0 Å². The molecule has 0 aliphatic rings. The van der Waals surface area contributed by atoms with Crippen molar-refractivity contribution in [2.75, 3.05) is 47.6 Å². The minimum absolute atomic E-state index is 0.345. The Morgan fingerprint density at radius 2 is 1.95 bits per heavy atom. The van der Waals surface area contributed by atoms with Crippen molar-refractivity contribution in [2.24, 2.45) is 0 Å². The summed E-state index contributed by atoms with van der Waals surface area (Å²) in [6.45, 7) is 2.22. The van der Waals surface area contributed by atoms with Gasteiger partial charge in [-0.2, -0.15) is 4.31 Å². The van der Waals surface area contributed by atoms with E-state index in [1.807, 2.05) is 5.38 Å². The minimum atomic E-state index is -3.50. The third kappa shape index (κ3) is 5.32. The first kappa shape index (κ1) is 18.5. The van der Waals surface area contributed by atoms with Crippen molar-refractivity contribution in [3.63, 3.8) is 0 Å². The summed E-state index contributed by atoms with van der Waals surface area (Å²) < 4.78 is 37.1. The fraction of sp³-hybridized carbons (Fsp3) is 0.692. The first-order valence-electron chi connectivity index (χ1n) is 6.77. The summed E-state index contributed by atoms with van der Waals surface area (Å²) in [6.07, 6.45) is 0.658. The number of nitrogens with zero attached hydrogens (tertiary/aromatic N) is 1. The lowest BCUT2D eigenvalue weighted by atomic mass is 10.4. The third-order valence-electron chi connectivity index (χ3n) is 2.96. The number of methoxy groups -OCH3 is 2. The highest BCUT2D eigenvalue weighted by molar-refractivity contribution is 7.89. The molecule has 1 aromatic heterocycles. The van der Waals surface area contributed by atoms with Crippen LogP contribution in [0.5, 0.6) is 0 Å². The van der Waals surface area contributed by atoms with Gasteiger partial charge in [-0.15, -0.1) is 11.3 Å². The fourth-order valence-electron chi connectivity index (χ4n) is 1.92. The van der Waals surface area contributed by atoms with Crippen molar-refractivity contribution in [2.45, 2.75) is 17.9 Å². The summed E-state index contributed by atoms with van der Waals surface area (Å²) in [5, 5.41) is 4.81. The second kappa shape index (κ2) is 9.50. The van der Waals surface area contributed by atoms with E-state index in [9.17, 15) is 8.42 Å². The number of sulfonamides is 1. The molecular weight excluding hydrogens is 312 g/mol. The molecule has 0 aliphatic heterocycles. The van der Waals surface area contributed by atoms with Crippen LogP contribution in [0, 0.1) is 0 Å². The zero-order chi connectivity index (χ0) is 15.7. The number of rotatable bonds is 11. The molecule has 0 saturated heterocycles. The van der Waals surface area contributed by atoms with Gasteiger partial charge in [-0.1, -0.05) is 0 Å². The normalized spacial score (nSPS) is 12.2. The topological polar surface area (TPSA) is 67.9 Å². The molecule has 21 heavy (non-hydrogen) atoms. The first-order chi connectivity index (χ1) is 10.1. The Morgan fingerprint density at radius 3 is 2.57 bits per heavy atom. The van der Waals surface area contributed by atoms with E-state index < -0.39 is 10.0 Å². The Hall–Kier alpha value is -0.510. The van der Waals surface area contributed by atoms with E-state index in [0.29, 0.717) is 44.2 Å². The van der Waals surface area contributed by atoms with E-state index in [-0.39, 0.29) is 0 Å². The molecule has 122 valence electrons. The Morgan fingerprint density at radius 1 is 1.24 bits per heavy atom. The molecule has 0 aliphatic carbocycles. The zero-order valence-corrected chi connectivity index (χ0v) is 14.4. The van der Waals surface area contributed by atoms with Gasteiger partial charge in [0.05, 0.1) is 11.5 Å². The van der Waals surface area contributed by atoms with Crippen LogP contribution in [0.15, 0.2) is 16.3 Å². The Kier molecular flexibility index (Phi) is 8.38. The quantitative estimate of drug-likeness (QED) is 0.614. The molecular formula is C13H24N2O4S2. The van der Waals surface area contributed by atoms with Crippen LogP contribution < -0.4 is 5.32 Å². The number of hydrogen-bond donors (Lipinski definition) is 1. The van der Waals surface area contributed by atoms with E-state index in [1.54, 1.807) is 27.3 Å². The number of nitrogens with one attached hydrogen (secondary N) is 1. The largest absolute Gasteiger partial charge is 0.385 e. The van der Waals surface area contributed by atoms with Crippen LogP contribution in [0.4, 0.5) is 0 Å². The summed E-state index contributed by atoms with van der Waals surface area (Å²) in [7, 11) is 1.48. The van der Waals surface area contributed by atoms with Crippen LogP contribution in [0.1, 0.15) is 11.3 Å². The molecule has 0 radical (unpaired) electrons. The summed E-state index contributed by atoms with van der Waals surface area (Å²) in [6, 6.07) is 1.67. The molecule has 8 heteroatoms. The van der Waals surface area contributed by atoms with Gasteiger partial charge in [-0.3, -0.25) is 0 Å². The Labute approximate surface area is 131 Å². The fourth-order valence-corrected chi connectivity index (χ4v) is 4.81. The maximum absolute atomic E-state index is 12.8. The van der Waals surface area contributed by atoms with Gasteiger partial charge >= 0.3 is 0 Å². The standard InChI is InChI=1S/C13H24N2O4S2/c1-14-11-12-13(5-10-20-12)21(16,17)15(7-9-19-3)6-4-8-18-2/h5,10,14H,4,6-9,11H2,1-3H3. The van der Waals surface area contributed by atoms with Crippen molar-refractivity contribution < 1.29 is 17.9 Å². The second-order valence-corrected chi connectivity index (χ2v) is 7.39. The van der Waals surface area contributed by atoms with Crippen molar-refractivity contribution in [3.8, 4) is 0 Å². The number of ether oxygens (including phenoxy) is 2. The van der Waals surface area contributed by atoms with Crippen LogP contribution in [0.25, 0.3) is 0 Å². The van der Waals surface area contributed by atoms with E-state index in [4.69, 9.17) is 9.47 Å². The molecule has 1 heterocycles. The Bertz CT molecular complexity index is 502. The van der Waals surface area contributed by atoms with Gasteiger partial charge in [-0.05, 0) is 24.9 Å². The summed E-state index contributed by atoms with van der Waals surface area (Å²) >= 11 is 1.45. The molecule has 0 amide bonds. The number of thiophene rings is 1. The molecule has 0 bridgehead atoms. The molecule has 1 N–H and O–H groups in total. The van der Waals surface area contributed by atoms with E-state index in [0.717, 1.165) is 4.88 Å². The molecule has 1 rings (SSSR count). The molecule has 0 unspecified atom stereocenters. The maximum atomic E-state index is 12.8. The molecule has 0 fully saturated rings. The van der Waals surface area contributed by atoms with Gasteiger partial charge in [-0.25, -0.2) is 8.42 Å². The van der Waals surface area contributed by atoms with Crippen LogP contribution in [0.2, 0.25) is 0 Å². The summed E-state index contributed by atoms with van der Waals surface area (Å²) in [5.41, 5.74) is 0. The molecule has 1 aromatic rings. The average Bonchev–Trinajstić information content (AvgIpc) is 2.92. The van der Waals surface area contributed by atoms with Crippen molar-refractivity contribution in [1.82, 2.24) is 9.62 Å². The van der Waals surface area contributed by atoms with Gasteiger partial charge in [0.2, 0.25) is 10.0 Å². The summed E-state index contributed by atoms with van der Waals surface area (Å²) in [5.74, 6) is 0. The lowest BCUT2D eigenvalue weighted by Crippen LogP contribution is -2.35. The highest BCUT2D eigenvalue weighted by atomic mass is 32.2. The average molecular weight is 336 g/mol. The summed E-state index contributed by atoms with van der Waals surface area (Å²) in [4.78, 5) is 1.21. The van der Waals surface area contributed by atoms with Gasteiger partial charge in [0.1, 0.15) is 0 Å². The monoisotopic (exact) mass is 336 g/mol. The molecule has 0 spiro atoms. The number of hydrogen-bond acceptors (Lipinski definition) is 6. The molecule has 0 atom stereocenters. The third-order valence-corrected chi connectivity index (χ3v) is 5.99. The van der Waals surface area contributed by atoms with Crippen LogP contribution >= 0.6 is 11.3 Å². The smallest absolute Gasteiger partial charge is 0.244 e. The predicted molar refractivity (Wildman–Crippen MR) is 84.2 cm³/mol. The Balaban J connectivity index is 2.93. The lowest BCUT2D eigenvalue weighted by molar-refractivity contribution is 0.164. The van der Waals surface area contributed by atoms with Gasteiger partial charge in [0.25, 0.3) is 0 Å². The van der Waals surface area contributed by atoms with Crippen molar-refractivity contribution in [3.05, 3.63) is 16.3 Å². The maximum Gasteiger partial charge on any atom is 0.244 e. The van der Waals surface area contributed by atoms with E-state index in [1.165, 1.54) is 15.6 Å². The van der Waals surface area contributed by atoms with Crippen LogP contribution in [-0.2, 0) is 26.0 Å². The van der Waals surface area contributed by atoms with Crippen molar-refractivity contribution >= 4 is 21.4 Å². The minimum Gasteiger partial charge on any atom is -0.385 e. The van der Waals surface area contributed by atoms with Gasteiger partial charge < -0.3 is 14.8 Å². The SMILES string of the molecule is CNCc1sccc1S(=O)(=O)N(CCCOC)CCOC. The van der Waals surface area contributed by atoms with E-state index in [2.05, 4.69) is 5.32 Å². The molecule has 0 saturated carbocycles. The first-order valence-corrected chi connectivity index (χ1v) is 9.08. The molecule has 6 nitrogen and oxygen atoms in total. The zero-order valence-electron chi connectivity index (χ0n) is 12.8. The van der Waals surface area contributed by atoms with Gasteiger partial charge in [0.15, 0.2) is 0 Å². The molecule has 0 aromatic carbocycles. The lowest BCUT2D eigenvalue weighted by Gasteiger charge is -2.22. The highest BCUT2D eigenvalue weighted by Crippen LogP contribution is 2.25. The second-order valence-electron chi connectivity index (χ2n) is 4.48. The van der Waals surface area contributed by atoms with Gasteiger partial charge in [0, 0.05) is 45.3 Å². The van der Waals surface area contributed by atoms with Crippen LogP contribution in [0.3, 0.4) is 0 Å².